The zero-order valence-corrected chi connectivity index (χ0v) is 14.5. The van der Waals surface area contributed by atoms with Gasteiger partial charge >= 0.3 is 0 Å². The lowest BCUT2D eigenvalue weighted by molar-refractivity contribution is -0.122. The molecule has 0 bridgehead atoms. The van der Waals surface area contributed by atoms with Gasteiger partial charge in [0.2, 0.25) is 5.91 Å². The number of rotatable bonds is 5. The summed E-state index contributed by atoms with van der Waals surface area (Å²) >= 11 is 1.66. The maximum atomic E-state index is 12.2. The predicted molar refractivity (Wildman–Crippen MR) is 94.5 cm³/mol. The van der Waals surface area contributed by atoms with Gasteiger partial charge in [0.15, 0.2) is 0 Å². The highest BCUT2D eigenvalue weighted by Crippen LogP contribution is 2.31. The highest BCUT2D eigenvalue weighted by molar-refractivity contribution is 7.15. The van der Waals surface area contributed by atoms with E-state index in [1.165, 1.54) is 6.42 Å². The lowest BCUT2D eigenvalue weighted by atomic mass is 10.1. The molecule has 5 heteroatoms. The van der Waals surface area contributed by atoms with Gasteiger partial charge in [-0.1, -0.05) is 30.3 Å². The standard InChI is InChI=1S/C18H23N3OS/c1-12(20-16(22)11-15-9-6-10-19-15)17-13(2)21-18(23-17)14-7-4-3-5-8-14/h3-5,7-8,12,15,19H,6,9-11H2,1-2H3,(H,20,22). The summed E-state index contributed by atoms with van der Waals surface area (Å²) in [6.45, 7) is 5.08. The second-order valence-corrected chi connectivity index (χ2v) is 7.15. The zero-order valence-electron chi connectivity index (χ0n) is 13.6. The summed E-state index contributed by atoms with van der Waals surface area (Å²) in [7, 11) is 0. The fourth-order valence-electron chi connectivity index (χ4n) is 3.03. The number of nitrogens with zero attached hydrogens (tertiary/aromatic N) is 1. The normalized spacial score (nSPS) is 18.8. The molecule has 1 fully saturated rings. The summed E-state index contributed by atoms with van der Waals surface area (Å²) in [6, 6.07) is 10.5. The fourth-order valence-corrected chi connectivity index (χ4v) is 4.11. The summed E-state index contributed by atoms with van der Waals surface area (Å²) < 4.78 is 0. The van der Waals surface area contributed by atoms with Gasteiger partial charge in [0.05, 0.1) is 16.6 Å². The minimum atomic E-state index is -0.00105. The molecule has 23 heavy (non-hydrogen) atoms. The Bertz CT molecular complexity index is 662. The number of thiazole rings is 1. The van der Waals surface area contributed by atoms with Crippen molar-refractivity contribution in [2.75, 3.05) is 6.54 Å². The number of hydrogen-bond acceptors (Lipinski definition) is 4. The van der Waals surface area contributed by atoms with Crippen LogP contribution in [-0.4, -0.2) is 23.5 Å². The molecular formula is C18H23N3OS. The lowest BCUT2D eigenvalue weighted by Crippen LogP contribution is -2.33. The predicted octanol–water partition coefficient (Wildman–Crippen LogP) is 3.44. The number of nitrogens with one attached hydrogen (secondary N) is 2. The van der Waals surface area contributed by atoms with Gasteiger partial charge in [-0.05, 0) is 33.2 Å². The molecule has 2 heterocycles. The first kappa shape index (κ1) is 16.1. The van der Waals surface area contributed by atoms with E-state index in [1.807, 2.05) is 32.0 Å². The van der Waals surface area contributed by atoms with E-state index < -0.39 is 0 Å². The Morgan fingerprint density at radius 2 is 2.22 bits per heavy atom. The zero-order chi connectivity index (χ0) is 16.2. The second-order valence-electron chi connectivity index (χ2n) is 6.12. The first-order valence-electron chi connectivity index (χ1n) is 8.19. The van der Waals surface area contributed by atoms with Crippen molar-refractivity contribution in [2.45, 2.75) is 45.2 Å². The van der Waals surface area contributed by atoms with Crippen molar-refractivity contribution in [3.8, 4) is 10.6 Å². The number of amides is 1. The van der Waals surface area contributed by atoms with Crippen LogP contribution in [0.25, 0.3) is 10.6 Å². The van der Waals surface area contributed by atoms with Crippen LogP contribution in [0.2, 0.25) is 0 Å². The van der Waals surface area contributed by atoms with Crippen LogP contribution >= 0.6 is 11.3 Å². The minimum absolute atomic E-state index is 0.00105. The van der Waals surface area contributed by atoms with E-state index in [1.54, 1.807) is 11.3 Å². The third-order valence-corrected chi connectivity index (χ3v) is 5.61. The van der Waals surface area contributed by atoms with Crippen molar-refractivity contribution < 1.29 is 4.79 Å². The van der Waals surface area contributed by atoms with Crippen molar-refractivity contribution in [3.05, 3.63) is 40.9 Å². The van der Waals surface area contributed by atoms with E-state index in [9.17, 15) is 4.79 Å². The molecule has 122 valence electrons. The van der Waals surface area contributed by atoms with Gasteiger partial charge in [-0.15, -0.1) is 11.3 Å². The van der Waals surface area contributed by atoms with Gasteiger partial charge in [-0.25, -0.2) is 4.98 Å². The Balaban J connectivity index is 1.66. The van der Waals surface area contributed by atoms with Crippen molar-refractivity contribution in [1.29, 1.82) is 0 Å². The Labute approximate surface area is 141 Å². The first-order valence-corrected chi connectivity index (χ1v) is 9.00. The van der Waals surface area contributed by atoms with Gasteiger partial charge in [-0.2, -0.15) is 0 Å². The minimum Gasteiger partial charge on any atom is -0.349 e. The number of carbonyl (C=O) groups is 1. The molecular weight excluding hydrogens is 306 g/mol. The van der Waals surface area contributed by atoms with E-state index >= 15 is 0 Å². The highest BCUT2D eigenvalue weighted by Gasteiger charge is 2.21. The molecule has 1 aliphatic heterocycles. The number of carbonyl (C=O) groups excluding carboxylic acids is 1. The second kappa shape index (κ2) is 7.23. The highest BCUT2D eigenvalue weighted by atomic mass is 32.1. The Hall–Kier alpha value is -1.72. The monoisotopic (exact) mass is 329 g/mol. The molecule has 1 aliphatic rings. The fraction of sp³-hybridized carbons (Fsp3) is 0.444. The molecule has 2 aromatic rings. The van der Waals surface area contributed by atoms with Crippen LogP contribution in [0.1, 0.15) is 42.8 Å². The Morgan fingerprint density at radius 3 is 2.91 bits per heavy atom. The molecule has 1 amide bonds. The van der Waals surface area contributed by atoms with Crippen LogP contribution in [0, 0.1) is 6.92 Å². The van der Waals surface area contributed by atoms with E-state index in [-0.39, 0.29) is 11.9 Å². The number of hydrogen-bond donors (Lipinski definition) is 2. The first-order chi connectivity index (χ1) is 11.1. The van der Waals surface area contributed by atoms with Gasteiger partial charge in [-0.3, -0.25) is 4.79 Å². The van der Waals surface area contributed by atoms with Crippen LogP contribution in [0.5, 0.6) is 0 Å². The topological polar surface area (TPSA) is 54.0 Å². The average molecular weight is 329 g/mol. The molecule has 0 aliphatic carbocycles. The van der Waals surface area contributed by atoms with Crippen molar-refractivity contribution in [2.24, 2.45) is 0 Å². The van der Waals surface area contributed by atoms with Crippen LogP contribution in [0.15, 0.2) is 30.3 Å². The van der Waals surface area contributed by atoms with Crippen LogP contribution in [0.3, 0.4) is 0 Å². The summed E-state index contributed by atoms with van der Waals surface area (Å²) in [6.07, 6.45) is 2.83. The molecule has 2 N–H and O–H groups in total. The van der Waals surface area contributed by atoms with Crippen molar-refractivity contribution in [3.63, 3.8) is 0 Å². The molecule has 3 rings (SSSR count). The van der Waals surface area contributed by atoms with Crippen LogP contribution in [0.4, 0.5) is 0 Å². The van der Waals surface area contributed by atoms with Gasteiger partial charge < -0.3 is 10.6 Å². The lowest BCUT2D eigenvalue weighted by Gasteiger charge is -2.15. The van der Waals surface area contributed by atoms with E-state index in [2.05, 4.69) is 27.8 Å². The molecule has 2 atom stereocenters. The Morgan fingerprint density at radius 1 is 1.43 bits per heavy atom. The van der Waals surface area contributed by atoms with Crippen LogP contribution in [-0.2, 0) is 4.79 Å². The molecule has 4 nitrogen and oxygen atoms in total. The molecule has 0 spiro atoms. The molecule has 1 aromatic carbocycles. The van der Waals surface area contributed by atoms with E-state index in [0.29, 0.717) is 12.5 Å². The van der Waals surface area contributed by atoms with Crippen molar-refractivity contribution >= 4 is 17.2 Å². The quantitative estimate of drug-likeness (QED) is 0.883. The number of aryl methyl sites for hydroxylation is 1. The third-order valence-electron chi connectivity index (χ3n) is 4.22. The largest absolute Gasteiger partial charge is 0.349 e. The maximum absolute atomic E-state index is 12.2. The Kier molecular flexibility index (Phi) is 5.08. The maximum Gasteiger partial charge on any atom is 0.222 e. The smallest absolute Gasteiger partial charge is 0.222 e. The number of benzene rings is 1. The molecule has 0 radical (unpaired) electrons. The average Bonchev–Trinajstić information content (AvgIpc) is 3.17. The summed E-state index contributed by atoms with van der Waals surface area (Å²) in [5, 5.41) is 7.50. The molecule has 0 saturated carbocycles. The molecule has 2 unspecified atom stereocenters. The van der Waals surface area contributed by atoms with E-state index in [4.69, 9.17) is 0 Å². The summed E-state index contributed by atoms with van der Waals surface area (Å²) in [4.78, 5) is 18.0. The van der Waals surface area contributed by atoms with Crippen molar-refractivity contribution in [1.82, 2.24) is 15.6 Å². The SMILES string of the molecule is Cc1nc(-c2ccccc2)sc1C(C)NC(=O)CC1CCCN1. The summed E-state index contributed by atoms with van der Waals surface area (Å²) in [5.74, 6) is 0.117. The molecule has 1 aromatic heterocycles. The van der Waals surface area contributed by atoms with Crippen LogP contribution < -0.4 is 10.6 Å². The van der Waals surface area contributed by atoms with Gasteiger partial charge in [0.25, 0.3) is 0 Å². The van der Waals surface area contributed by atoms with E-state index in [0.717, 1.165) is 34.1 Å². The van der Waals surface area contributed by atoms with Gasteiger partial charge in [0, 0.05) is 18.0 Å². The molecule has 1 saturated heterocycles. The number of aromatic nitrogens is 1. The third kappa shape index (κ3) is 3.98. The summed E-state index contributed by atoms with van der Waals surface area (Å²) in [5.41, 5.74) is 2.13. The van der Waals surface area contributed by atoms with Gasteiger partial charge in [0.1, 0.15) is 5.01 Å².